The molecule has 1 aromatic heterocycles. The summed E-state index contributed by atoms with van der Waals surface area (Å²) in [7, 11) is 1.45. The lowest BCUT2D eigenvalue weighted by Crippen LogP contribution is -2.14. The van der Waals surface area contributed by atoms with Gasteiger partial charge in [0.2, 0.25) is 0 Å². The first kappa shape index (κ1) is 15.8. The number of methoxy groups -OCH3 is 1. The zero-order valence-electron chi connectivity index (χ0n) is 12.1. The maximum atomic E-state index is 11.8. The Morgan fingerprint density at radius 1 is 1.27 bits per heavy atom. The van der Waals surface area contributed by atoms with Crippen molar-refractivity contribution >= 4 is 28.4 Å². The standard InChI is InChI=1S/C15H15NO5S/c1-9-11(13(17)18)12(22-14(9)20-2)16-15(19)21-8-10-6-4-3-5-7-10/h3-7H,8H2,1-2H3,(H,16,19)(H,17,18). The molecule has 0 saturated heterocycles. The highest BCUT2D eigenvalue weighted by Gasteiger charge is 2.23. The Hall–Kier alpha value is -2.54. The first-order valence-electron chi connectivity index (χ1n) is 6.41. The van der Waals surface area contributed by atoms with Crippen LogP contribution in [0.4, 0.5) is 9.80 Å². The van der Waals surface area contributed by atoms with Crippen LogP contribution in [0.3, 0.4) is 0 Å². The molecule has 2 rings (SSSR count). The second-order valence-electron chi connectivity index (χ2n) is 4.41. The number of carboxylic acids is 1. The van der Waals surface area contributed by atoms with Crippen LogP contribution in [0.15, 0.2) is 30.3 Å². The van der Waals surface area contributed by atoms with Crippen molar-refractivity contribution in [2.24, 2.45) is 0 Å². The molecule has 0 saturated carbocycles. The summed E-state index contributed by atoms with van der Waals surface area (Å²) in [4.78, 5) is 23.1. The molecule has 116 valence electrons. The van der Waals surface area contributed by atoms with Crippen LogP contribution >= 0.6 is 11.3 Å². The van der Waals surface area contributed by atoms with Gasteiger partial charge in [-0.2, -0.15) is 0 Å². The van der Waals surface area contributed by atoms with E-state index in [9.17, 15) is 14.7 Å². The molecule has 1 amide bonds. The van der Waals surface area contributed by atoms with Crippen LogP contribution in [-0.2, 0) is 11.3 Å². The second kappa shape index (κ2) is 6.95. The molecule has 22 heavy (non-hydrogen) atoms. The third kappa shape index (κ3) is 3.56. The molecule has 2 N–H and O–H groups in total. The fraction of sp³-hybridized carbons (Fsp3) is 0.200. The summed E-state index contributed by atoms with van der Waals surface area (Å²) in [5, 5.41) is 12.3. The summed E-state index contributed by atoms with van der Waals surface area (Å²) >= 11 is 1.05. The Balaban J connectivity index is 2.07. The van der Waals surface area contributed by atoms with Crippen molar-refractivity contribution in [1.82, 2.24) is 0 Å². The molecule has 0 aliphatic rings. The normalized spacial score (nSPS) is 10.1. The molecule has 0 fully saturated rings. The number of anilines is 1. The Labute approximate surface area is 131 Å². The number of carbonyl (C=O) groups excluding carboxylic acids is 1. The van der Waals surface area contributed by atoms with E-state index in [1.54, 1.807) is 6.92 Å². The SMILES string of the molecule is COc1sc(NC(=O)OCc2ccccc2)c(C(=O)O)c1C. The van der Waals surface area contributed by atoms with Gasteiger partial charge in [-0.15, -0.1) is 0 Å². The first-order chi connectivity index (χ1) is 10.5. The largest absolute Gasteiger partial charge is 0.487 e. The summed E-state index contributed by atoms with van der Waals surface area (Å²) in [5.74, 6) is -1.13. The van der Waals surface area contributed by atoms with Gasteiger partial charge in [-0.1, -0.05) is 41.7 Å². The summed E-state index contributed by atoms with van der Waals surface area (Å²) < 4.78 is 10.2. The maximum absolute atomic E-state index is 11.8. The number of carbonyl (C=O) groups is 2. The number of rotatable bonds is 5. The Morgan fingerprint density at radius 2 is 1.95 bits per heavy atom. The summed E-state index contributed by atoms with van der Waals surface area (Å²) in [5.41, 5.74) is 1.33. The highest BCUT2D eigenvalue weighted by atomic mass is 32.1. The van der Waals surface area contributed by atoms with Crippen LogP contribution in [0.25, 0.3) is 0 Å². The maximum Gasteiger partial charge on any atom is 0.412 e. The highest BCUT2D eigenvalue weighted by Crippen LogP contribution is 2.38. The van der Waals surface area contributed by atoms with Crippen molar-refractivity contribution in [2.75, 3.05) is 12.4 Å². The van der Waals surface area contributed by atoms with Gasteiger partial charge in [0.05, 0.1) is 7.11 Å². The van der Waals surface area contributed by atoms with Gasteiger partial charge in [0.15, 0.2) is 5.06 Å². The van der Waals surface area contributed by atoms with Crippen molar-refractivity contribution in [2.45, 2.75) is 13.5 Å². The van der Waals surface area contributed by atoms with E-state index in [4.69, 9.17) is 9.47 Å². The zero-order valence-corrected chi connectivity index (χ0v) is 12.9. The van der Waals surface area contributed by atoms with Crippen molar-refractivity contribution in [3.8, 4) is 5.06 Å². The van der Waals surface area contributed by atoms with E-state index in [1.165, 1.54) is 7.11 Å². The van der Waals surface area contributed by atoms with E-state index in [2.05, 4.69) is 5.32 Å². The minimum absolute atomic E-state index is 0.0125. The Kier molecular flexibility index (Phi) is 5.00. The number of nitrogens with one attached hydrogen (secondary N) is 1. The quantitative estimate of drug-likeness (QED) is 0.880. The number of ether oxygens (including phenoxy) is 2. The lowest BCUT2D eigenvalue weighted by molar-refractivity contribution is 0.0697. The number of amides is 1. The molecule has 0 radical (unpaired) electrons. The Bertz CT molecular complexity index is 681. The lowest BCUT2D eigenvalue weighted by Gasteiger charge is -2.06. The van der Waals surface area contributed by atoms with Crippen molar-refractivity contribution in [1.29, 1.82) is 0 Å². The second-order valence-corrected chi connectivity index (χ2v) is 5.40. The number of carboxylic acid groups (broad SMARTS) is 1. The minimum atomic E-state index is -1.13. The van der Waals surface area contributed by atoms with E-state index in [1.807, 2.05) is 30.3 Å². The van der Waals surface area contributed by atoms with Crippen molar-refractivity contribution in [3.05, 3.63) is 47.0 Å². The van der Waals surface area contributed by atoms with E-state index < -0.39 is 12.1 Å². The molecule has 0 unspecified atom stereocenters. The monoisotopic (exact) mass is 321 g/mol. The summed E-state index contributed by atoms with van der Waals surface area (Å²) in [6.45, 7) is 1.73. The molecule has 0 aliphatic heterocycles. The highest BCUT2D eigenvalue weighted by molar-refractivity contribution is 7.18. The van der Waals surface area contributed by atoms with Crippen LogP contribution in [0.1, 0.15) is 21.5 Å². The van der Waals surface area contributed by atoms with Crippen molar-refractivity contribution in [3.63, 3.8) is 0 Å². The predicted molar refractivity (Wildman–Crippen MR) is 82.8 cm³/mol. The molecule has 1 aromatic carbocycles. The third-order valence-electron chi connectivity index (χ3n) is 2.93. The van der Waals surface area contributed by atoms with Crippen LogP contribution in [0, 0.1) is 6.92 Å². The van der Waals surface area contributed by atoms with Gasteiger partial charge in [-0.3, -0.25) is 5.32 Å². The number of thiophene rings is 1. The number of benzene rings is 1. The van der Waals surface area contributed by atoms with Gasteiger partial charge in [0.25, 0.3) is 0 Å². The summed E-state index contributed by atoms with van der Waals surface area (Å²) in [6.07, 6.45) is -0.713. The molecule has 0 bridgehead atoms. The lowest BCUT2D eigenvalue weighted by atomic mass is 10.2. The molecule has 7 heteroatoms. The third-order valence-corrected chi connectivity index (χ3v) is 4.10. The molecule has 0 atom stereocenters. The van der Waals surface area contributed by atoms with Gasteiger partial charge in [0, 0.05) is 5.56 Å². The van der Waals surface area contributed by atoms with E-state index in [0.717, 1.165) is 16.9 Å². The average Bonchev–Trinajstić information content (AvgIpc) is 2.82. The molecule has 6 nitrogen and oxygen atoms in total. The van der Waals surface area contributed by atoms with Crippen LogP contribution in [0.2, 0.25) is 0 Å². The zero-order chi connectivity index (χ0) is 16.1. The van der Waals surface area contributed by atoms with E-state index in [-0.39, 0.29) is 17.2 Å². The number of hydrogen-bond acceptors (Lipinski definition) is 5. The van der Waals surface area contributed by atoms with Crippen LogP contribution in [-0.4, -0.2) is 24.3 Å². The Morgan fingerprint density at radius 3 is 2.55 bits per heavy atom. The van der Waals surface area contributed by atoms with Gasteiger partial charge < -0.3 is 14.6 Å². The topological polar surface area (TPSA) is 84.9 Å². The summed E-state index contributed by atoms with van der Waals surface area (Å²) in [6, 6.07) is 9.20. The van der Waals surface area contributed by atoms with Crippen LogP contribution in [0.5, 0.6) is 5.06 Å². The smallest absolute Gasteiger partial charge is 0.412 e. The molecular formula is C15H15NO5S. The van der Waals surface area contributed by atoms with Crippen LogP contribution < -0.4 is 10.1 Å². The average molecular weight is 321 g/mol. The molecule has 0 aliphatic carbocycles. The molecular weight excluding hydrogens is 306 g/mol. The van der Waals surface area contributed by atoms with Gasteiger partial charge in [0.1, 0.15) is 17.2 Å². The number of hydrogen-bond donors (Lipinski definition) is 2. The van der Waals surface area contributed by atoms with Crippen molar-refractivity contribution < 1.29 is 24.2 Å². The predicted octanol–water partition coefficient (Wildman–Crippen LogP) is 3.51. The van der Waals surface area contributed by atoms with Gasteiger partial charge in [-0.05, 0) is 12.5 Å². The first-order valence-corrected chi connectivity index (χ1v) is 7.23. The molecule has 2 aromatic rings. The van der Waals surface area contributed by atoms with E-state index >= 15 is 0 Å². The molecule has 0 spiro atoms. The fourth-order valence-electron chi connectivity index (χ4n) is 1.88. The number of aromatic carboxylic acids is 1. The van der Waals surface area contributed by atoms with Gasteiger partial charge >= 0.3 is 12.1 Å². The fourth-order valence-corrected chi connectivity index (χ4v) is 2.89. The van der Waals surface area contributed by atoms with Gasteiger partial charge in [-0.25, -0.2) is 9.59 Å². The van der Waals surface area contributed by atoms with E-state index in [0.29, 0.717) is 10.6 Å². The minimum Gasteiger partial charge on any atom is -0.487 e. The molecule has 1 heterocycles.